The van der Waals surface area contributed by atoms with Crippen LogP contribution in [0.3, 0.4) is 0 Å². The highest BCUT2D eigenvalue weighted by molar-refractivity contribution is 5.91. The van der Waals surface area contributed by atoms with Crippen molar-refractivity contribution in [2.45, 2.75) is 31.4 Å². The summed E-state index contributed by atoms with van der Waals surface area (Å²) in [7, 11) is 0. The molecule has 0 aromatic carbocycles. The Labute approximate surface area is 114 Å². The van der Waals surface area contributed by atoms with Gasteiger partial charge in [0.15, 0.2) is 0 Å². The number of aromatic carboxylic acids is 1. The lowest BCUT2D eigenvalue weighted by Gasteiger charge is -2.17. The van der Waals surface area contributed by atoms with E-state index in [0.29, 0.717) is 23.9 Å². The first-order valence-electron chi connectivity index (χ1n) is 6.49. The average molecular weight is 274 g/mol. The van der Waals surface area contributed by atoms with E-state index in [-0.39, 0.29) is 17.7 Å². The van der Waals surface area contributed by atoms with Gasteiger partial charge in [-0.3, -0.25) is 4.79 Å². The van der Waals surface area contributed by atoms with Crippen LogP contribution in [-0.2, 0) is 0 Å². The van der Waals surface area contributed by atoms with E-state index in [1.165, 1.54) is 6.20 Å². The zero-order valence-electron chi connectivity index (χ0n) is 10.7. The van der Waals surface area contributed by atoms with Gasteiger partial charge in [-0.1, -0.05) is 0 Å². The average Bonchev–Trinajstić information content (AvgIpc) is 2.85. The molecule has 6 heteroatoms. The molecule has 3 rings (SSSR count). The summed E-state index contributed by atoms with van der Waals surface area (Å²) in [6, 6.07) is 3.17. The number of carboxylic acid groups (broad SMARTS) is 1. The monoisotopic (exact) mass is 274 g/mol. The predicted molar refractivity (Wildman–Crippen MR) is 71.9 cm³/mol. The third kappa shape index (κ3) is 1.98. The van der Waals surface area contributed by atoms with Crippen molar-refractivity contribution in [2.24, 2.45) is 0 Å². The minimum absolute atomic E-state index is 0.0268. The lowest BCUT2D eigenvalue weighted by Crippen LogP contribution is -2.21. The van der Waals surface area contributed by atoms with Crippen molar-refractivity contribution in [1.29, 1.82) is 0 Å². The summed E-state index contributed by atoms with van der Waals surface area (Å²) in [5.74, 6) is -1.24. The molecule has 0 amide bonds. The SMILES string of the molecule is O=C(O)c1cn([C@@H]2CC[C@@H](O)C2)c2ncccc2c1=O. The summed E-state index contributed by atoms with van der Waals surface area (Å²) in [6.07, 6.45) is 4.51. The summed E-state index contributed by atoms with van der Waals surface area (Å²) in [5, 5.41) is 19.1. The first-order valence-corrected chi connectivity index (χ1v) is 6.49. The highest BCUT2D eigenvalue weighted by Crippen LogP contribution is 2.31. The molecule has 1 aliphatic rings. The number of nitrogens with zero attached hydrogens (tertiary/aromatic N) is 2. The number of carboxylic acids is 1. The van der Waals surface area contributed by atoms with Gasteiger partial charge in [-0.2, -0.15) is 0 Å². The quantitative estimate of drug-likeness (QED) is 0.857. The molecule has 0 aliphatic heterocycles. The van der Waals surface area contributed by atoms with Gasteiger partial charge in [-0.05, 0) is 31.4 Å². The van der Waals surface area contributed by atoms with Gasteiger partial charge in [-0.15, -0.1) is 0 Å². The molecule has 0 saturated heterocycles. The highest BCUT2D eigenvalue weighted by atomic mass is 16.4. The Morgan fingerprint density at radius 1 is 1.40 bits per heavy atom. The molecule has 1 fully saturated rings. The van der Waals surface area contributed by atoms with Gasteiger partial charge in [0.25, 0.3) is 0 Å². The lowest BCUT2D eigenvalue weighted by molar-refractivity contribution is 0.0694. The topological polar surface area (TPSA) is 92.4 Å². The van der Waals surface area contributed by atoms with Gasteiger partial charge >= 0.3 is 5.97 Å². The van der Waals surface area contributed by atoms with Crippen molar-refractivity contribution in [1.82, 2.24) is 9.55 Å². The molecule has 6 nitrogen and oxygen atoms in total. The van der Waals surface area contributed by atoms with Crippen molar-refractivity contribution in [2.75, 3.05) is 0 Å². The Hall–Kier alpha value is -2.21. The van der Waals surface area contributed by atoms with Gasteiger partial charge in [0.1, 0.15) is 11.2 Å². The lowest BCUT2D eigenvalue weighted by atomic mass is 10.1. The van der Waals surface area contributed by atoms with Gasteiger partial charge in [0, 0.05) is 18.4 Å². The third-order valence-corrected chi connectivity index (χ3v) is 3.79. The molecular weight excluding hydrogens is 260 g/mol. The van der Waals surface area contributed by atoms with Crippen molar-refractivity contribution >= 4 is 17.0 Å². The van der Waals surface area contributed by atoms with E-state index in [1.807, 2.05) is 0 Å². The highest BCUT2D eigenvalue weighted by Gasteiger charge is 2.26. The van der Waals surface area contributed by atoms with E-state index in [1.54, 1.807) is 22.9 Å². The molecule has 104 valence electrons. The molecule has 0 radical (unpaired) electrons. The maximum absolute atomic E-state index is 12.1. The molecule has 20 heavy (non-hydrogen) atoms. The van der Waals surface area contributed by atoms with Crippen LogP contribution < -0.4 is 5.43 Å². The van der Waals surface area contributed by atoms with Crippen LogP contribution in [0, 0.1) is 0 Å². The van der Waals surface area contributed by atoms with E-state index in [0.717, 1.165) is 6.42 Å². The van der Waals surface area contributed by atoms with Crippen LogP contribution in [0.1, 0.15) is 35.7 Å². The third-order valence-electron chi connectivity index (χ3n) is 3.79. The number of aromatic nitrogens is 2. The fourth-order valence-corrected chi connectivity index (χ4v) is 2.80. The fraction of sp³-hybridized carbons (Fsp3) is 0.357. The fourth-order valence-electron chi connectivity index (χ4n) is 2.80. The van der Waals surface area contributed by atoms with Crippen molar-refractivity contribution in [3.8, 4) is 0 Å². The van der Waals surface area contributed by atoms with Crippen molar-refractivity contribution in [3.05, 3.63) is 40.3 Å². The van der Waals surface area contributed by atoms with Crippen LogP contribution in [0.4, 0.5) is 0 Å². The summed E-state index contributed by atoms with van der Waals surface area (Å²) >= 11 is 0. The number of carbonyl (C=O) groups is 1. The Bertz CT molecular complexity index is 738. The molecule has 2 atom stereocenters. The Morgan fingerprint density at radius 2 is 2.20 bits per heavy atom. The number of aliphatic hydroxyl groups excluding tert-OH is 1. The van der Waals surface area contributed by atoms with Gasteiger partial charge in [-0.25, -0.2) is 9.78 Å². The summed E-state index contributed by atoms with van der Waals surface area (Å²) < 4.78 is 1.72. The first kappa shape index (κ1) is 12.8. The predicted octanol–water partition coefficient (Wildman–Crippen LogP) is 1.18. The Balaban J connectivity index is 2.27. The largest absolute Gasteiger partial charge is 0.477 e. The molecule has 2 N–H and O–H groups in total. The number of rotatable bonds is 2. The minimum atomic E-state index is -1.24. The summed E-state index contributed by atoms with van der Waals surface area (Å²) in [4.78, 5) is 27.5. The number of aliphatic hydroxyl groups is 1. The maximum Gasteiger partial charge on any atom is 0.341 e. The standard InChI is InChI=1S/C14H14N2O4/c17-9-4-3-8(6-9)16-7-11(14(19)20)12(18)10-2-1-5-15-13(10)16/h1-2,5,7-9,17H,3-4,6H2,(H,19,20)/t8-,9-/m1/s1. The zero-order chi connectivity index (χ0) is 14.3. The molecular formula is C14H14N2O4. The molecule has 2 heterocycles. The van der Waals surface area contributed by atoms with Crippen LogP contribution in [0.15, 0.2) is 29.3 Å². The van der Waals surface area contributed by atoms with Crippen LogP contribution in [0.5, 0.6) is 0 Å². The summed E-state index contributed by atoms with van der Waals surface area (Å²) in [5.41, 5.74) is -0.302. The number of hydrogen-bond acceptors (Lipinski definition) is 4. The molecule has 2 aromatic rings. The van der Waals surface area contributed by atoms with Gasteiger partial charge in [0.2, 0.25) is 5.43 Å². The normalized spacial score (nSPS) is 22.2. The Kier molecular flexibility index (Phi) is 3.02. The van der Waals surface area contributed by atoms with E-state index in [2.05, 4.69) is 4.98 Å². The Morgan fingerprint density at radius 3 is 2.85 bits per heavy atom. The first-order chi connectivity index (χ1) is 9.58. The van der Waals surface area contributed by atoms with Crippen LogP contribution in [0.25, 0.3) is 11.0 Å². The summed E-state index contributed by atoms with van der Waals surface area (Å²) in [6.45, 7) is 0. The van der Waals surface area contributed by atoms with Crippen LogP contribution in [0.2, 0.25) is 0 Å². The van der Waals surface area contributed by atoms with E-state index >= 15 is 0 Å². The molecule has 0 unspecified atom stereocenters. The van der Waals surface area contributed by atoms with Crippen molar-refractivity contribution < 1.29 is 15.0 Å². The second-order valence-electron chi connectivity index (χ2n) is 5.08. The van der Waals surface area contributed by atoms with Crippen molar-refractivity contribution in [3.63, 3.8) is 0 Å². The zero-order valence-corrected chi connectivity index (χ0v) is 10.7. The second-order valence-corrected chi connectivity index (χ2v) is 5.08. The van der Waals surface area contributed by atoms with Crippen LogP contribution in [-0.4, -0.2) is 31.8 Å². The second kappa shape index (κ2) is 4.72. The molecule has 0 spiro atoms. The van der Waals surface area contributed by atoms with E-state index < -0.39 is 11.4 Å². The van der Waals surface area contributed by atoms with Gasteiger partial charge < -0.3 is 14.8 Å². The molecule has 1 aliphatic carbocycles. The smallest absolute Gasteiger partial charge is 0.341 e. The number of pyridine rings is 2. The van der Waals surface area contributed by atoms with E-state index in [9.17, 15) is 14.7 Å². The molecule has 0 bridgehead atoms. The van der Waals surface area contributed by atoms with Crippen LogP contribution >= 0.6 is 0 Å². The number of hydrogen-bond donors (Lipinski definition) is 2. The molecule has 2 aromatic heterocycles. The minimum Gasteiger partial charge on any atom is -0.477 e. The molecule has 1 saturated carbocycles. The van der Waals surface area contributed by atoms with Gasteiger partial charge in [0.05, 0.1) is 11.5 Å². The van der Waals surface area contributed by atoms with E-state index in [4.69, 9.17) is 5.11 Å². The number of fused-ring (bicyclic) bond motifs is 1. The maximum atomic E-state index is 12.1.